The third kappa shape index (κ3) is 2.74. The van der Waals surface area contributed by atoms with Gasteiger partial charge in [0.25, 0.3) is 0 Å². The van der Waals surface area contributed by atoms with Crippen molar-refractivity contribution in [2.75, 3.05) is 9.80 Å². The lowest BCUT2D eigenvalue weighted by Crippen LogP contribution is -2.35. The van der Waals surface area contributed by atoms with Crippen LogP contribution in [-0.2, 0) is 0 Å². The molecule has 1 aliphatic carbocycles. The number of anilines is 2. The van der Waals surface area contributed by atoms with E-state index in [-0.39, 0.29) is 0 Å². The number of hydrogen-bond acceptors (Lipinski definition) is 2. The Labute approximate surface area is 139 Å². The highest BCUT2D eigenvalue weighted by atomic mass is 15.4. The lowest BCUT2D eigenvalue weighted by atomic mass is 9.97. The molecule has 2 nitrogen and oxygen atoms in total. The van der Waals surface area contributed by atoms with Crippen LogP contribution < -0.4 is 9.80 Å². The maximum atomic E-state index is 2.34. The van der Waals surface area contributed by atoms with Gasteiger partial charge in [0.1, 0.15) is 6.17 Å². The molecule has 2 aromatic rings. The lowest BCUT2D eigenvalue weighted by molar-refractivity contribution is 0.721. The number of hydrogen-bond donors (Lipinski definition) is 0. The maximum Gasteiger partial charge on any atom is 0.107 e. The molecule has 0 bridgehead atoms. The van der Waals surface area contributed by atoms with E-state index in [1.165, 1.54) is 42.6 Å². The molecule has 4 rings (SSSR count). The van der Waals surface area contributed by atoms with Gasteiger partial charge in [0, 0.05) is 23.8 Å². The summed E-state index contributed by atoms with van der Waals surface area (Å²) < 4.78 is 0. The Kier molecular flexibility index (Phi) is 3.82. The van der Waals surface area contributed by atoms with Gasteiger partial charge < -0.3 is 9.80 Å². The molecule has 0 spiro atoms. The molecule has 1 saturated carbocycles. The van der Waals surface area contributed by atoms with Crippen LogP contribution in [-0.4, -0.2) is 6.17 Å². The molecule has 2 aromatic carbocycles. The second-order valence-corrected chi connectivity index (χ2v) is 6.65. The quantitative estimate of drug-likeness (QED) is 0.740. The Morgan fingerprint density at radius 3 is 1.91 bits per heavy atom. The third-order valence-corrected chi connectivity index (χ3v) is 5.27. The van der Waals surface area contributed by atoms with Crippen LogP contribution in [0.4, 0.5) is 11.4 Å². The van der Waals surface area contributed by atoms with E-state index in [9.17, 15) is 0 Å². The number of nitrogens with zero attached hydrogens (tertiary/aromatic N) is 2. The standard InChI is InChI=1S/C21H24N2/c1-17-22(20-9-3-2-4-10-20)15-16-23(17)21-13-11-19(12-14-21)18-7-5-6-8-18/h2-4,9-18H,5-8H2,1H3/t17-/m1/s1. The summed E-state index contributed by atoms with van der Waals surface area (Å²) in [4.78, 5) is 4.65. The fourth-order valence-electron chi connectivity index (χ4n) is 3.91. The Bertz CT molecular complexity index is 669. The van der Waals surface area contributed by atoms with Crippen LogP contribution in [0.2, 0.25) is 0 Å². The van der Waals surface area contributed by atoms with Crippen LogP contribution in [0.15, 0.2) is 67.0 Å². The highest BCUT2D eigenvalue weighted by molar-refractivity contribution is 5.61. The summed E-state index contributed by atoms with van der Waals surface area (Å²) in [6.07, 6.45) is 10.2. The van der Waals surface area contributed by atoms with E-state index < -0.39 is 0 Å². The Balaban J connectivity index is 1.51. The smallest absolute Gasteiger partial charge is 0.107 e. The predicted molar refractivity (Wildman–Crippen MR) is 97.7 cm³/mol. The summed E-state index contributed by atoms with van der Waals surface area (Å²) in [5.41, 5.74) is 4.03. The van der Waals surface area contributed by atoms with Gasteiger partial charge in [-0.25, -0.2) is 0 Å². The second-order valence-electron chi connectivity index (χ2n) is 6.65. The second kappa shape index (κ2) is 6.11. The average Bonchev–Trinajstić information content (AvgIpc) is 3.26. The van der Waals surface area contributed by atoms with E-state index in [1.54, 1.807) is 0 Å². The SMILES string of the molecule is C[C@@H]1N(c2ccccc2)C=CN1c1ccc(C2CCCC2)cc1. The van der Waals surface area contributed by atoms with Crippen LogP contribution in [0.5, 0.6) is 0 Å². The van der Waals surface area contributed by atoms with Gasteiger partial charge >= 0.3 is 0 Å². The highest BCUT2D eigenvalue weighted by Gasteiger charge is 2.24. The van der Waals surface area contributed by atoms with Crippen molar-refractivity contribution < 1.29 is 0 Å². The molecule has 0 aromatic heterocycles. The van der Waals surface area contributed by atoms with E-state index in [1.807, 2.05) is 0 Å². The van der Waals surface area contributed by atoms with Gasteiger partial charge in [-0.2, -0.15) is 0 Å². The van der Waals surface area contributed by atoms with Gasteiger partial charge in [0.15, 0.2) is 0 Å². The molecule has 0 radical (unpaired) electrons. The molecule has 0 unspecified atom stereocenters. The van der Waals surface area contributed by atoms with Crippen molar-refractivity contribution in [3.63, 3.8) is 0 Å². The Morgan fingerprint density at radius 2 is 1.30 bits per heavy atom. The van der Waals surface area contributed by atoms with E-state index in [2.05, 4.69) is 83.7 Å². The molecule has 1 aliphatic heterocycles. The summed E-state index contributed by atoms with van der Waals surface area (Å²) >= 11 is 0. The van der Waals surface area contributed by atoms with Crippen molar-refractivity contribution in [3.8, 4) is 0 Å². The first-order valence-electron chi connectivity index (χ1n) is 8.73. The van der Waals surface area contributed by atoms with Gasteiger partial charge in [-0.3, -0.25) is 0 Å². The fraction of sp³-hybridized carbons (Fsp3) is 0.333. The zero-order valence-electron chi connectivity index (χ0n) is 13.7. The number of rotatable bonds is 3. The zero-order chi connectivity index (χ0) is 15.6. The third-order valence-electron chi connectivity index (χ3n) is 5.27. The van der Waals surface area contributed by atoms with E-state index in [4.69, 9.17) is 0 Å². The molecule has 1 fully saturated rings. The molecule has 23 heavy (non-hydrogen) atoms. The lowest BCUT2D eigenvalue weighted by Gasteiger charge is -2.30. The minimum absolute atomic E-state index is 0.301. The first-order valence-corrected chi connectivity index (χ1v) is 8.73. The average molecular weight is 304 g/mol. The first-order chi connectivity index (χ1) is 11.3. The van der Waals surface area contributed by atoms with Crippen molar-refractivity contribution in [2.24, 2.45) is 0 Å². The van der Waals surface area contributed by atoms with Crippen LogP contribution in [0, 0.1) is 0 Å². The minimum Gasteiger partial charge on any atom is -0.326 e. The van der Waals surface area contributed by atoms with Crippen molar-refractivity contribution in [2.45, 2.75) is 44.7 Å². The molecule has 0 amide bonds. The van der Waals surface area contributed by atoms with Gasteiger partial charge in [-0.1, -0.05) is 43.2 Å². The van der Waals surface area contributed by atoms with Crippen LogP contribution in [0.3, 0.4) is 0 Å². The molecular weight excluding hydrogens is 280 g/mol. The minimum atomic E-state index is 0.301. The summed E-state index contributed by atoms with van der Waals surface area (Å²) in [6, 6.07) is 19.8. The largest absolute Gasteiger partial charge is 0.326 e. The molecule has 2 aliphatic rings. The van der Waals surface area contributed by atoms with Crippen LogP contribution in [0.25, 0.3) is 0 Å². The van der Waals surface area contributed by atoms with E-state index in [0.29, 0.717) is 6.17 Å². The fourth-order valence-corrected chi connectivity index (χ4v) is 3.91. The first kappa shape index (κ1) is 14.4. The Hall–Kier alpha value is -2.22. The van der Waals surface area contributed by atoms with Crippen LogP contribution >= 0.6 is 0 Å². The van der Waals surface area contributed by atoms with Crippen molar-refractivity contribution in [1.29, 1.82) is 0 Å². The number of para-hydroxylation sites is 1. The molecule has 0 saturated heterocycles. The Morgan fingerprint density at radius 1 is 0.739 bits per heavy atom. The molecule has 1 heterocycles. The molecular formula is C21H24N2. The summed E-state index contributed by atoms with van der Waals surface area (Å²) in [5.74, 6) is 0.788. The van der Waals surface area contributed by atoms with E-state index in [0.717, 1.165) is 5.92 Å². The van der Waals surface area contributed by atoms with Gasteiger partial charge in [0.05, 0.1) is 0 Å². The monoisotopic (exact) mass is 304 g/mol. The van der Waals surface area contributed by atoms with Gasteiger partial charge in [-0.15, -0.1) is 0 Å². The number of benzene rings is 2. The van der Waals surface area contributed by atoms with E-state index >= 15 is 0 Å². The van der Waals surface area contributed by atoms with Gasteiger partial charge in [0.2, 0.25) is 0 Å². The molecule has 2 heteroatoms. The van der Waals surface area contributed by atoms with Crippen molar-refractivity contribution >= 4 is 11.4 Å². The molecule has 118 valence electrons. The van der Waals surface area contributed by atoms with Crippen LogP contribution in [0.1, 0.15) is 44.1 Å². The molecule has 1 atom stereocenters. The molecule has 0 N–H and O–H groups in total. The van der Waals surface area contributed by atoms with Crippen molar-refractivity contribution in [1.82, 2.24) is 0 Å². The van der Waals surface area contributed by atoms with Gasteiger partial charge in [-0.05, 0) is 55.5 Å². The summed E-state index contributed by atoms with van der Waals surface area (Å²) in [7, 11) is 0. The summed E-state index contributed by atoms with van der Waals surface area (Å²) in [6.45, 7) is 2.25. The topological polar surface area (TPSA) is 6.48 Å². The summed E-state index contributed by atoms with van der Waals surface area (Å²) in [5, 5.41) is 0. The zero-order valence-corrected chi connectivity index (χ0v) is 13.7. The van der Waals surface area contributed by atoms with Crippen molar-refractivity contribution in [3.05, 3.63) is 72.6 Å². The highest BCUT2D eigenvalue weighted by Crippen LogP contribution is 2.35. The normalized spacial score (nSPS) is 21.3. The maximum absolute atomic E-state index is 2.34. The predicted octanol–water partition coefficient (Wildman–Crippen LogP) is 5.49.